The molecule has 0 amide bonds. The Bertz CT molecular complexity index is 708. The molecule has 0 bridgehead atoms. The van der Waals surface area contributed by atoms with Gasteiger partial charge >= 0.3 is 5.97 Å². The number of carboxylic acids is 1. The molecule has 0 atom stereocenters. The molecule has 2 rings (SSSR count). The van der Waals surface area contributed by atoms with Gasteiger partial charge in [-0.2, -0.15) is 0 Å². The van der Waals surface area contributed by atoms with Crippen LogP contribution < -0.4 is 15.0 Å². The van der Waals surface area contributed by atoms with E-state index in [-0.39, 0.29) is 5.82 Å². The van der Waals surface area contributed by atoms with Crippen LogP contribution in [0.1, 0.15) is 10.4 Å². The van der Waals surface area contributed by atoms with Crippen molar-refractivity contribution in [2.75, 3.05) is 14.2 Å². The molecule has 7 nitrogen and oxygen atoms in total. The molecule has 0 unspecified atom stereocenters. The van der Waals surface area contributed by atoms with Gasteiger partial charge in [0.05, 0.1) is 19.8 Å². The number of para-hydroxylation sites is 1. The summed E-state index contributed by atoms with van der Waals surface area (Å²) in [7, 11) is 2.95. The van der Waals surface area contributed by atoms with Crippen LogP contribution in [0.25, 0.3) is 11.4 Å². The summed E-state index contributed by atoms with van der Waals surface area (Å²) in [6.45, 7) is 0. The molecule has 20 heavy (non-hydrogen) atoms. The van der Waals surface area contributed by atoms with Gasteiger partial charge in [-0.15, -0.1) is 0 Å². The van der Waals surface area contributed by atoms with Crippen LogP contribution in [-0.4, -0.2) is 35.3 Å². The summed E-state index contributed by atoms with van der Waals surface area (Å²) in [6.07, 6.45) is 1.01. The smallest absolute Gasteiger partial charge is 0.342 e. The van der Waals surface area contributed by atoms with Gasteiger partial charge in [0.2, 0.25) is 0 Å². The van der Waals surface area contributed by atoms with E-state index < -0.39 is 17.1 Å². The zero-order valence-corrected chi connectivity index (χ0v) is 10.8. The summed E-state index contributed by atoms with van der Waals surface area (Å²) in [4.78, 5) is 28.8. The van der Waals surface area contributed by atoms with Crippen LogP contribution in [0.4, 0.5) is 0 Å². The fraction of sp³-hybridized carbons (Fsp3) is 0.154. The first kappa shape index (κ1) is 13.6. The third-order valence-corrected chi connectivity index (χ3v) is 2.69. The summed E-state index contributed by atoms with van der Waals surface area (Å²) in [5.41, 5.74) is -0.649. The second-order valence-corrected chi connectivity index (χ2v) is 3.82. The maximum atomic E-state index is 11.7. The van der Waals surface area contributed by atoms with Crippen LogP contribution in [0.3, 0.4) is 0 Å². The number of nitrogens with one attached hydrogen (secondary N) is 1. The molecule has 0 radical (unpaired) electrons. The monoisotopic (exact) mass is 276 g/mol. The van der Waals surface area contributed by atoms with Crippen molar-refractivity contribution in [3.63, 3.8) is 0 Å². The first-order chi connectivity index (χ1) is 9.58. The molecule has 0 aliphatic heterocycles. The number of methoxy groups -OCH3 is 2. The maximum Gasteiger partial charge on any atom is 0.342 e. The van der Waals surface area contributed by atoms with Gasteiger partial charge in [0.15, 0.2) is 11.5 Å². The predicted octanol–water partition coefficient (Wildman–Crippen LogP) is 1.15. The van der Waals surface area contributed by atoms with Crippen molar-refractivity contribution in [3.05, 3.63) is 40.3 Å². The highest BCUT2D eigenvalue weighted by molar-refractivity contribution is 5.87. The van der Waals surface area contributed by atoms with Gasteiger partial charge in [0.1, 0.15) is 11.4 Å². The third kappa shape index (κ3) is 2.33. The van der Waals surface area contributed by atoms with Gasteiger partial charge in [0, 0.05) is 6.20 Å². The highest BCUT2D eigenvalue weighted by Gasteiger charge is 2.15. The number of carboxylic acid groups (broad SMARTS) is 1. The van der Waals surface area contributed by atoms with Crippen molar-refractivity contribution in [1.82, 2.24) is 9.97 Å². The summed E-state index contributed by atoms with van der Waals surface area (Å²) < 4.78 is 10.4. The number of hydrogen-bond acceptors (Lipinski definition) is 5. The topological polar surface area (TPSA) is 102 Å². The quantitative estimate of drug-likeness (QED) is 0.868. The van der Waals surface area contributed by atoms with Crippen LogP contribution in [0, 0.1) is 0 Å². The minimum absolute atomic E-state index is 0.204. The molecule has 0 saturated carbocycles. The zero-order valence-electron chi connectivity index (χ0n) is 10.8. The predicted molar refractivity (Wildman–Crippen MR) is 70.4 cm³/mol. The molecular weight excluding hydrogens is 264 g/mol. The molecule has 104 valence electrons. The summed E-state index contributed by atoms with van der Waals surface area (Å²) >= 11 is 0. The first-order valence-corrected chi connectivity index (χ1v) is 5.62. The molecular formula is C13H12N2O5. The summed E-state index contributed by atoms with van der Waals surface area (Å²) in [6, 6.07) is 5.09. The highest BCUT2D eigenvalue weighted by Crippen LogP contribution is 2.35. The lowest BCUT2D eigenvalue weighted by Gasteiger charge is -2.11. The second kappa shape index (κ2) is 5.43. The van der Waals surface area contributed by atoms with E-state index in [4.69, 9.17) is 14.6 Å². The van der Waals surface area contributed by atoms with E-state index in [1.54, 1.807) is 18.2 Å². The van der Waals surface area contributed by atoms with Gasteiger partial charge in [-0.05, 0) is 12.1 Å². The standard InChI is InChI=1S/C13H12N2O5/c1-19-9-5-3-4-7(10(9)20-2)11-14-6-8(13(17)18)12(16)15-11/h3-6H,1-2H3,(H,17,18)(H,14,15,16). The van der Waals surface area contributed by atoms with E-state index in [2.05, 4.69) is 9.97 Å². The van der Waals surface area contributed by atoms with Crippen molar-refractivity contribution in [2.45, 2.75) is 0 Å². The fourth-order valence-corrected chi connectivity index (χ4v) is 1.76. The average Bonchev–Trinajstić information content (AvgIpc) is 2.45. The van der Waals surface area contributed by atoms with Crippen LogP contribution >= 0.6 is 0 Å². The normalized spacial score (nSPS) is 10.1. The number of aromatic nitrogens is 2. The molecule has 0 fully saturated rings. The van der Waals surface area contributed by atoms with E-state index in [0.717, 1.165) is 6.20 Å². The van der Waals surface area contributed by atoms with Crippen LogP contribution in [0.15, 0.2) is 29.2 Å². The van der Waals surface area contributed by atoms with Gasteiger partial charge in [-0.1, -0.05) is 6.07 Å². The summed E-state index contributed by atoms with van der Waals surface area (Å²) in [5.74, 6) is -0.241. The zero-order chi connectivity index (χ0) is 14.7. The number of H-pyrrole nitrogens is 1. The van der Waals surface area contributed by atoms with Crippen molar-refractivity contribution >= 4 is 5.97 Å². The molecule has 2 aromatic rings. The number of aromatic carboxylic acids is 1. The largest absolute Gasteiger partial charge is 0.493 e. The van der Waals surface area contributed by atoms with Gasteiger partial charge in [-0.3, -0.25) is 4.79 Å². The Morgan fingerprint density at radius 3 is 2.60 bits per heavy atom. The Hall–Kier alpha value is -2.83. The van der Waals surface area contributed by atoms with Gasteiger partial charge in [-0.25, -0.2) is 9.78 Å². The van der Waals surface area contributed by atoms with Gasteiger partial charge in [0.25, 0.3) is 5.56 Å². The molecule has 1 aromatic carbocycles. The van der Waals surface area contributed by atoms with E-state index in [0.29, 0.717) is 17.1 Å². The van der Waals surface area contributed by atoms with E-state index in [1.165, 1.54) is 14.2 Å². The molecule has 7 heteroatoms. The number of rotatable bonds is 4. The SMILES string of the molecule is COc1cccc(-c2ncc(C(=O)O)c(=O)[nH]2)c1OC. The van der Waals surface area contributed by atoms with Crippen LogP contribution in [0.5, 0.6) is 11.5 Å². The number of hydrogen-bond donors (Lipinski definition) is 2. The Morgan fingerprint density at radius 2 is 2.05 bits per heavy atom. The number of nitrogens with zero attached hydrogens (tertiary/aromatic N) is 1. The lowest BCUT2D eigenvalue weighted by molar-refractivity contribution is 0.0694. The van der Waals surface area contributed by atoms with Crippen molar-refractivity contribution in [2.24, 2.45) is 0 Å². The molecule has 1 heterocycles. The van der Waals surface area contributed by atoms with E-state index in [1.807, 2.05) is 0 Å². The molecule has 0 aliphatic carbocycles. The number of benzene rings is 1. The molecule has 0 spiro atoms. The lowest BCUT2D eigenvalue weighted by Crippen LogP contribution is -2.18. The van der Waals surface area contributed by atoms with Crippen molar-refractivity contribution < 1.29 is 19.4 Å². The Morgan fingerprint density at radius 1 is 1.30 bits per heavy atom. The molecule has 2 N–H and O–H groups in total. The molecule has 1 aromatic heterocycles. The highest BCUT2D eigenvalue weighted by atomic mass is 16.5. The third-order valence-electron chi connectivity index (χ3n) is 2.69. The number of ether oxygens (including phenoxy) is 2. The first-order valence-electron chi connectivity index (χ1n) is 5.62. The number of carbonyl (C=O) groups is 1. The maximum absolute atomic E-state index is 11.7. The minimum atomic E-state index is -1.33. The lowest BCUT2D eigenvalue weighted by atomic mass is 10.1. The molecule has 0 aliphatic rings. The Labute approximate surface area is 113 Å². The van der Waals surface area contributed by atoms with E-state index in [9.17, 15) is 9.59 Å². The summed E-state index contributed by atoms with van der Waals surface area (Å²) in [5, 5.41) is 8.81. The van der Waals surface area contributed by atoms with Crippen molar-refractivity contribution in [1.29, 1.82) is 0 Å². The van der Waals surface area contributed by atoms with Crippen LogP contribution in [-0.2, 0) is 0 Å². The van der Waals surface area contributed by atoms with Gasteiger partial charge < -0.3 is 19.6 Å². The fourth-order valence-electron chi connectivity index (χ4n) is 1.76. The Balaban J connectivity index is 2.60. The van der Waals surface area contributed by atoms with Crippen LogP contribution in [0.2, 0.25) is 0 Å². The average molecular weight is 276 g/mol. The minimum Gasteiger partial charge on any atom is -0.493 e. The van der Waals surface area contributed by atoms with E-state index >= 15 is 0 Å². The Kier molecular flexibility index (Phi) is 3.69. The molecule has 0 saturated heterocycles. The second-order valence-electron chi connectivity index (χ2n) is 3.82. The van der Waals surface area contributed by atoms with Crippen molar-refractivity contribution in [3.8, 4) is 22.9 Å². The number of aromatic amines is 1.